The Bertz CT molecular complexity index is 158. The molecular formula is C10H22N2. The first-order chi connectivity index (χ1) is 5.66. The molecule has 2 rings (SSSR count). The molecule has 0 aliphatic carbocycles. The molecule has 2 fully saturated rings. The number of rotatable bonds is 1. The summed E-state index contributed by atoms with van der Waals surface area (Å²) in [5.74, 6) is 1.94. The van der Waals surface area contributed by atoms with Crippen LogP contribution in [0.25, 0.3) is 0 Å². The first-order valence-corrected chi connectivity index (χ1v) is 5.09. The zero-order valence-corrected chi connectivity index (χ0v) is 8.45. The van der Waals surface area contributed by atoms with Crippen LogP contribution in [0.3, 0.4) is 0 Å². The molecule has 0 spiro atoms. The Morgan fingerprint density at radius 3 is 2.00 bits per heavy atom. The van der Waals surface area contributed by atoms with Gasteiger partial charge in [-0.15, -0.1) is 0 Å². The van der Waals surface area contributed by atoms with E-state index >= 15 is 0 Å². The summed E-state index contributed by atoms with van der Waals surface area (Å²) in [6.45, 7) is 9.96. The van der Waals surface area contributed by atoms with Gasteiger partial charge in [-0.25, -0.2) is 0 Å². The van der Waals surface area contributed by atoms with Crippen LogP contribution in [0.1, 0.15) is 15.3 Å². The average Bonchev–Trinajstić information content (AvgIpc) is 2.42. The summed E-state index contributed by atoms with van der Waals surface area (Å²) in [4.78, 5) is 5.11. The van der Waals surface area contributed by atoms with E-state index in [0.29, 0.717) is 0 Å². The van der Waals surface area contributed by atoms with Gasteiger partial charge in [-0.2, -0.15) is 0 Å². The van der Waals surface area contributed by atoms with Crippen molar-refractivity contribution in [2.24, 2.45) is 11.8 Å². The van der Waals surface area contributed by atoms with E-state index in [0.717, 1.165) is 17.9 Å². The third kappa shape index (κ3) is 1.38. The minimum absolute atomic E-state index is 0. The lowest BCUT2D eigenvalue weighted by molar-refractivity contribution is 0.235. The van der Waals surface area contributed by atoms with Crippen LogP contribution in [0.5, 0.6) is 0 Å². The minimum Gasteiger partial charge on any atom is -0.306 e. The number of hydrogen-bond donors (Lipinski definition) is 0. The number of fused-ring (bicyclic) bond motifs is 1. The summed E-state index contributed by atoms with van der Waals surface area (Å²) >= 11 is 0. The van der Waals surface area contributed by atoms with Gasteiger partial charge in [0.15, 0.2) is 0 Å². The Hall–Kier alpha value is -0.0800. The van der Waals surface area contributed by atoms with Crippen molar-refractivity contribution in [1.82, 2.24) is 9.80 Å². The topological polar surface area (TPSA) is 6.48 Å². The fraction of sp³-hybridized carbons (Fsp3) is 1.00. The molecule has 2 nitrogen and oxygen atoms in total. The molecule has 1 unspecified atom stereocenters. The highest BCUT2D eigenvalue weighted by Crippen LogP contribution is 2.30. The Labute approximate surface area is 77.0 Å². The van der Waals surface area contributed by atoms with Gasteiger partial charge in [0.25, 0.3) is 0 Å². The van der Waals surface area contributed by atoms with E-state index in [4.69, 9.17) is 0 Å². The SMILES string of the molecule is CC(C)N1CC2CN(C)C[C@@H]2C1.[HH]. The van der Waals surface area contributed by atoms with Crippen molar-refractivity contribution in [1.29, 1.82) is 0 Å². The van der Waals surface area contributed by atoms with Crippen molar-refractivity contribution in [2.75, 3.05) is 33.2 Å². The molecule has 0 aromatic heterocycles. The third-order valence-corrected chi connectivity index (χ3v) is 3.43. The quantitative estimate of drug-likeness (QED) is 0.582. The van der Waals surface area contributed by atoms with Crippen LogP contribution >= 0.6 is 0 Å². The second kappa shape index (κ2) is 3.00. The van der Waals surface area contributed by atoms with E-state index in [1.54, 1.807) is 0 Å². The Balaban J connectivity index is 0.000000845. The summed E-state index contributed by atoms with van der Waals surface area (Å²) in [6, 6.07) is 0.751. The van der Waals surface area contributed by atoms with Crippen LogP contribution in [0.4, 0.5) is 0 Å². The molecule has 0 aromatic carbocycles. The molecule has 0 radical (unpaired) electrons. The van der Waals surface area contributed by atoms with Gasteiger partial charge >= 0.3 is 0 Å². The second-order valence-corrected chi connectivity index (χ2v) is 4.79. The molecule has 2 atom stereocenters. The summed E-state index contributed by atoms with van der Waals surface area (Å²) in [5.41, 5.74) is 0. The monoisotopic (exact) mass is 170 g/mol. The maximum atomic E-state index is 2.63. The summed E-state index contributed by atoms with van der Waals surface area (Å²) in [6.07, 6.45) is 0. The van der Waals surface area contributed by atoms with E-state index in [1.165, 1.54) is 26.2 Å². The normalized spacial score (nSPS) is 38.0. The molecule has 0 N–H and O–H groups in total. The molecule has 0 bridgehead atoms. The Morgan fingerprint density at radius 2 is 1.58 bits per heavy atom. The standard InChI is InChI=1S/C10H20N2.H2/c1-8(2)12-6-9-4-11(3)5-10(9)7-12;/h8-10H,4-7H2,1-3H3;1H/t9-,10?;/m1./s1. The van der Waals surface area contributed by atoms with Gasteiger partial charge in [0, 0.05) is 33.6 Å². The summed E-state index contributed by atoms with van der Waals surface area (Å²) in [5, 5.41) is 0. The van der Waals surface area contributed by atoms with Crippen molar-refractivity contribution in [2.45, 2.75) is 19.9 Å². The first-order valence-electron chi connectivity index (χ1n) is 5.09. The van der Waals surface area contributed by atoms with E-state index in [1.807, 2.05) is 0 Å². The molecule has 2 aliphatic rings. The van der Waals surface area contributed by atoms with Gasteiger partial charge in [0.1, 0.15) is 0 Å². The Morgan fingerprint density at radius 1 is 1.08 bits per heavy atom. The predicted octanol–water partition coefficient (Wildman–Crippen LogP) is 1.13. The van der Waals surface area contributed by atoms with Crippen molar-refractivity contribution < 1.29 is 1.43 Å². The smallest absolute Gasteiger partial charge is 0.00388 e. The lowest BCUT2D eigenvalue weighted by atomic mass is 10.0. The van der Waals surface area contributed by atoms with Crippen LogP contribution in [-0.4, -0.2) is 49.1 Å². The molecule has 2 heterocycles. The van der Waals surface area contributed by atoms with Crippen molar-refractivity contribution in [3.8, 4) is 0 Å². The molecule has 12 heavy (non-hydrogen) atoms. The van der Waals surface area contributed by atoms with E-state index in [-0.39, 0.29) is 1.43 Å². The van der Waals surface area contributed by atoms with E-state index < -0.39 is 0 Å². The lowest BCUT2D eigenvalue weighted by Crippen LogP contribution is -2.32. The van der Waals surface area contributed by atoms with Crippen LogP contribution < -0.4 is 0 Å². The fourth-order valence-corrected chi connectivity index (χ4v) is 2.69. The van der Waals surface area contributed by atoms with Gasteiger partial charge in [-0.1, -0.05) is 0 Å². The largest absolute Gasteiger partial charge is 0.306 e. The second-order valence-electron chi connectivity index (χ2n) is 4.79. The van der Waals surface area contributed by atoms with Gasteiger partial charge in [0.05, 0.1) is 0 Å². The molecule has 72 valence electrons. The third-order valence-electron chi connectivity index (χ3n) is 3.43. The molecular weight excluding hydrogens is 148 g/mol. The predicted molar refractivity (Wildman–Crippen MR) is 53.3 cm³/mol. The maximum Gasteiger partial charge on any atom is 0.00388 e. The molecule has 0 aromatic rings. The highest BCUT2D eigenvalue weighted by atomic mass is 15.2. The highest BCUT2D eigenvalue weighted by Gasteiger charge is 2.38. The fourth-order valence-electron chi connectivity index (χ4n) is 2.69. The molecule has 0 amide bonds. The number of nitrogens with zero attached hydrogens (tertiary/aromatic N) is 2. The van der Waals surface area contributed by atoms with Crippen LogP contribution in [-0.2, 0) is 0 Å². The lowest BCUT2D eigenvalue weighted by Gasteiger charge is -2.22. The molecule has 2 aliphatic heterocycles. The number of likely N-dealkylation sites (tertiary alicyclic amines) is 2. The van der Waals surface area contributed by atoms with E-state index in [2.05, 4.69) is 30.7 Å². The van der Waals surface area contributed by atoms with Gasteiger partial charge < -0.3 is 9.80 Å². The van der Waals surface area contributed by atoms with Crippen LogP contribution in [0.2, 0.25) is 0 Å². The van der Waals surface area contributed by atoms with Crippen LogP contribution in [0, 0.1) is 11.8 Å². The molecule has 0 saturated carbocycles. The molecule has 2 saturated heterocycles. The molecule has 2 heteroatoms. The first kappa shape index (κ1) is 8.52. The van der Waals surface area contributed by atoms with Gasteiger partial charge in [-0.05, 0) is 32.7 Å². The zero-order chi connectivity index (χ0) is 8.72. The number of hydrogen-bond acceptors (Lipinski definition) is 2. The highest BCUT2D eigenvalue weighted by molar-refractivity contribution is 4.92. The van der Waals surface area contributed by atoms with Gasteiger partial charge in [0.2, 0.25) is 0 Å². The van der Waals surface area contributed by atoms with Crippen molar-refractivity contribution in [3.63, 3.8) is 0 Å². The van der Waals surface area contributed by atoms with Crippen LogP contribution in [0.15, 0.2) is 0 Å². The maximum absolute atomic E-state index is 2.63. The van der Waals surface area contributed by atoms with Gasteiger partial charge in [-0.3, -0.25) is 0 Å². The van der Waals surface area contributed by atoms with Crippen molar-refractivity contribution >= 4 is 0 Å². The minimum atomic E-state index is 0. The summed E-state index contributed by atoms with van der Waals surface area (Å²) in [7, 11) is 2.25. The Kier molecular flexibility index (Phi) is 2.13. The summed E-state index contributed by atoms with van der Waals surface area (Å²) < 4.78 is 0. The average molecular weight is 170 g/mol. The van der Waals surface area contributed by atoms with Crippen molar-refractivity contribution in [3.05, 3.63) is 0 Å². The zero-order valence-electron chi connectivity index (χ0n) is 8.45. The van der Waals surface area contributed by atoms with E-state index in [9.17, 15) is 0 Å².